The third kappa shape index (κ3) is 2.01. The van der Waals surface area contributed by atoms with Crippen LogP contribution in [0.25, 0.3) is 0 Å². The number of hydrogen-bond acceptors (Lipinski definition) is 1. The van der Waals surface area contributed by atoms with Gasteiger partial charge >= 0.3 is 0 Å². The van der Waals surface area contributed by atoms with E-state index in [2.05, 4.69) is 39.0 Å². The fourth-order valence-corrected chi connectivity index (χ4v) is 2.46. The monoisotopic (exact) mass is 217 g/mol. The van der Waals surface area contributed by atoms with E-state index in [-0.39, 0.29) is 11.5 Å². The molecule has 1 aliphatic rings. The maximum absolute atomic E-state index is 6.38. The first-order chi connectivity index (χ1) is 7.54. The molecular weight excluding hydrogens is 194 g/mol. The van der Waals surface area contributed by atoms with E-state index in [9.17, 15) is 0 Å². The Labute approximate surface area is 99.0 Å². The molecule has 0 bridgehead atoms. The zero-order chi connectivity index (χ0) is 11.8. The van der Waals surface area contributed by atoms with Crippen LogP contribution in [0.5, 0.6) is 0 Å². The molecule has 2 rings (SSSR count). The molecule has 0 heterocycles. The lowest BCUT2D eigenvalue weighted by atomic mass is 9.78. The maximum atomic E-state index is 6.38. The van der Waals surface area contributed by atoms with Crippen LogP contribution in [0, 0.1) is 5.41 Å². The van der Waals surface area contributed by atoms with E-state index < -0.39 is 0 Å². The van der Waals surface area contributed by atoms with E-state index in [4.69, 9.17) is 5.73 Å². The number of fused-ring (bicyclic) bond motifs is 1. The lowest BCUT2D eigenvalue weighted by Crippen LogP contribution is -2.28. The fraction of sp³-hybridized carbons (Fsp3) is 0.600. The summed E-state index contributed by atoms with van der Waals surface area (Å²) in [5, 5.41) is 0. The lowest BCUT2D eigenvalue weighted by Gasteiger charge is -2.31. The van der Waals surface area contributed by atoms with Crippen molar-refractivity contribution < 1.29 is 0 Å². The molecule has 0 fully saturated rings. The van der Waals surface area contributed by atoms with E-state index in [0.29, 0.717) is 0 Å². The van der Waals surface area contributed by atoms with Gasteiger partial charge in [0.2, 0.25) is 0 Å². The molecule has 1 unspecified atom stereocenters. The molecule has 16 heavy (non-hydrogen) atoms. The Balaban J connectivity index is 2.28. The van der Waals surface area contributed by atoms with Gasteiger partial charge in [-0.3, -0.25) is 0 Å². The van der Waals surface area contributed by atoms with Crippen molar-refractivity contribution in [3.8, 4) is 0 Å². The van der Waals surface area contributed by atoms with Crippen molar-refractivity contribution in [3.05, 3.63) is 34.9 Å². The minimum Gasteiger partial charge on any atom is -0.324 e. The molecule has 1 aromatic rings. The smallest absolute Gasteiger partial charge is 0.0346 e. The molecule has 0 spiro atoms. The first-order valence-corrected chi connectivity index (χ1v) is 6.42. The molecule has 88 valence electrons. The van der Waals surface area contributed by atoms with Crippen LogP contribution in [-0.4, -0.2) is 0 Å². The van der Waals surface area contributed by atoms with E-state index in [1.165, 1.54) is 36.0 Å². The highest BCUT2D eigenvalue weighted by atomic mass is 14.7. The predicted molar refractivity (Wildman–Crippen MR) is 69.5 cm³/mol. The highest BCUT2D eigenvalue weighted by Crippen LogP contribution is 2.35. The summed E-state index contributed by atoms with van der Waals surface area (Å²) in [5.41, 5.74) is 10.9. The van der Waals surface area contributed by atoms with Crippen molar-refractivity contribution >= 4 is 0 Å². The van der Waals surface area contributed by atoms with E-state index in [1.807, 2.05) is 0 Å². The summed E-state index contributed by atoms with van der Waals surface area (Å²) in [4.78, 5) is 0. The number of benzene rings is 1. The number of hydrogen-bond donors (Lipinski definition) is 1. The van der Waals surface area contributed by atoms with Crippen LogP contribution in [-0.2, 0) is 12.8 Å². The predicted octanol–water partition coefficient (Wildman–Crippen LogP) is 3.61. The molecule has 1 atom stereocenters. The average molecular weight is 217 g/mol. The molecule has 0 aliphatic heterocycles. The SMILES string of the molecule is CCC(C)(C)C(N)c1ccc2c(c1)CCC2. The molecule has 0 saturated carbocycles. The summed E-state index contributed by atoms with van der Waals surface area (Å²) in [7, 11) is 0. The van der Waals surface area contributed by atoms with Crippen molar-refractivity contribution in [2.45, 2.75) is 52.5 Å². The maximum Gasteiger partial charge on any atom is 0.0346 e. The molecule has 0 radical (unpaired) electrons. The van der Waals surface area contributed by atoms with Crippen LogP contribution in [0.15, 0.2) is 18.2 Å². The molecular formula is C15H23N. The van der Waals surface area contributed by atoms with Crippen LogP contribution in [0.1, 0.15) is 56.3 Å². The molecule has 1 aromatic carbocycles. The number of rotatable bonds is 3. The summed E-state index contributed by atoms with van der Waals surface area (Å²) in [6.45, 7) is 6.73. The highest BCUT2D eigenvalue weighted by molar-refractivity contribution is 5.37. The third-order valence-corrected chi connectivity index (χ3v) is 4.23. The molecule has 1 aliphatic carbocycles. The van der Waals surface area contributed by atoms with Crippen molar-refractivity contribution in [3.63, 3.8) is 0 Å². The van der Waals surface area contributed by atoms with Gasteiger partial charge in [0.25, 0.3) is 0 Å². The summed E-state index contributed by atoms with van der Waals surface area (Å²) in [6, 6.07) is 7.00. The van der Waals surface area contributed by atoms with E-state index >= 15 is 0 Å². The topological polar surface area (TPSA) is 26.0 Å². The molecule has 0 saturated heterocycles. The van der Waals surface area contributed by atoms with Gasteiger partial charge in [-0.25, -0.2) is 0 Å². The Bertz CT molecular complexity index is 379. The third-order valence-electron chi connectivity index (χ3n) is 4.23. The van der Waals surface area contributed by atoms with Crippen molar-refractivity contribution in [1.29, 1.82) is 0 Å². The lowest BCUT2D eigenvalue weighted by molar-refractivity contribution is 0.278. The Kier molecular flexibility index (Phi) is 3.07. The van der Waals surface area contributed by atoms with E-state index in [1.54, 1.807) is 0 Å². The van der Waals surface area contributed by atoms with Crippen molar-refractivity contribution in [2.75, 3.05) is 0 Å². The van der Waals surface area contributed by atoms with Gasteiger partial charge in [-0.05, 0) is 47.8 Å². The van der Waals surface area contributed by atoms with Gasteiger partial charge < -0.3 is 5.73 Å². The second-order valence-corrected chi connectivity index (χ2v) is 5.70. The van der Waals surface area contributed by atoms with E-state index in [0.717, 1.165) is 6.42 Å². The summed E-state index contributed by atoms with van der Waals surface area (Å²) >= 11 is 0. The quantitative estimate of drug-likeness (QED) is 0.822. The van der Waals surface area contributed by atoms with Crippen molar-refractivity contribution in [1.82, 2.24) is 0 Å². The number of nitrogens with two attached hydrogens (primary N) is 1. The van der Waals surface area contributed by atoms with Crippen LogP contribution in [0.2, 0.25) is 0 Å². The van der Waals surface area contributed by atoms with Gasteiger partial charge in [0.05, 0.1) is 0 Å². The summed E-state index contributed by atoms with van der Waals surface area (Å²) < 4.78 is 0. The Morgan fingerprint density at radius 1 is 1.25 bits per heavy atom. The zero-order valence-corrected chi connectivity index (χ0v) is 10.7. The Hall–Kier alpha value is -0.820. The second-order valence-electron chi connectivity index (χ2n) is 5.70. The minimum atomic E-state index is 0.156. The molecule has 0 amide bonds. The first-order valence-electron chi connectivity index (χ1n) is 6.42. The summed E-state index contributed by atoms with van der Waals surface area (Å²) in [6.07, 6.45) is 4.92. The van der Waals surface area contributed by atoms with Crippen LogP contribution in [0.4, 0.5) is 0 Å². The number of aryl methyl sites for hydroxylation is 2. The van der Waals surface area contributed by atoms with Gasteiger partial charge in [0.15, 0.2) is 0 Å². The Morgan fingerprint density at radius 3 is 2.62 bits per heavy atom. The van der Waals surface area contributed by atoms with Gasteiger partial charge in [0, 0.05) is 6.04 Å². The zero-order valence-electron chi connectivity index (χ0n) is 10.7. The highest BCUT2D eigenvalue weighted by Gasteiger charge is 2.26. The molecule has 1 nitrogen and oxygen atoms in total. The summed E-state index contributed by atoms with van der Waals surface area (Å²) in [5.74, 6) is 0. The van der Waals surface area contributed by atoms with Gasteiger partial charge in [-0.1, -0.05) is 39.0 Å². The van der Waals surface area contributed by atoms with Gasteiger partial charge in [0.1, 0.15) is 0 Å². The van der Waals surface area contributed by atoms with Gasteiger partial charge in [-0.15, -0.1) is 0 Å². The second kappa shape index (κ2) is 4.21. The Morgan fingerprint density at radius 2 is 1.94 bits per heavy atom. The van der Waals surface area contributed by atoms with Gasteiger partial charge in [-0.2, -0.15) is 0 Å². The first kappa shape index (κ1) is 11.7. The standard InChI is InChI=1S/C15H23N/c1-4-15(2,3)14(16)13-9-8-11-6-5-7-12(11)10-13/h8-10,14H,4-7,16H2,1-3H3. The molecule has 1 heteroatoms. The fourth-order valence-electron chi connectivity index (χ4n) is 2.46. The van der Waals surface area contributed by atoms with Crippen molar-refractivity contribution in [2.24, 2.45) is 11.1 Å². The minimum absolute atomic E-state index is 0.156. The van der Waals surface area contributed by atoms with Crippen LogP contribution < -0.4 is 5.73 Å². The normalized spacial score (nSPS) is 17.2. The average Bonchev–Trinajstić information content (AvgIpc) is 2.74. The van der Waals surface area contributed by atoms with Crippen LogP contribution >= 0.6 is 0 Å². The largest absolute Gasteiger partial charge is 0.324 e. The molecule has 0 aromatic heterocycles. The molecule has 2 N–H and O–H groups in total. The van der Waals surface area contributed by atoms with Crippen LogP contribution in [0.3, 0.4) is 0 Å².